The number of carbonyl (C=O) groups is 1. The fourth-order valence-electron chi connectivity index (χ4n) is 3.06. The first-order valence-electron chi connectivity index (χ1n) is 8.59. The lowest BCUT2D eigenvalue weighted by atomic mass is 10.1. The molecule has 0 unspecified atom stereocenters. The van der Waals surface area contributed by atoms with Gasteiger partial charge in [0.15, 0.2) is 0 Å². The molecule has 0 bridgehead atoms. The van der Waals surface area contributed by atoms with Crippen molar-refractivity contribution >= 4 is 44.9 Å². The van der Waals surface area contributed by atoms with E-state index in [-0.39, 0.29) is 17.0 Å². The SMILES string of the molecule is Cc1ccc(SC2CN(C(=O)c3sc4nnc(C)c(C)c4c3N)C2)cc1F. The number of amides is 1. The van der Waals surface area contributed by atoms with Crippen molar-refractivity contribution in [3.63, 3.8) is 0 Å². The maximum atomic E-state index is 13.7. The molecule has 1 fully saturated rings. The predicted octanol–water partition coefficient (Wildman–Crippen LogP) is 3.95. The van der Waals surface area contributed by atoms with E-state index in [9.17, 15) is 9.18 Å². The Balaban J connectivity index is 1.47. The number of hydrogen-bond acceptors (Lipinski definition) is 6. The molecule has 1 saturated heterocycles. The third-order valence-electron chi connectivity index (χ3n) is 4.91. The minimum atomic E-state index is -0.197. The molecule has 0 atom stereocenters. The number of benzene rings is 1. The summed E-state index contributed by atoms with van der Waals surface area (Å²) in [5, 5.41) is 9.38. The molecule has 1 aliphatic rings. The molecule has 3 heterocycles. The Hall–Kier alpha value is -2.19. The zero-order valence-electron chi connectivity index (χ0n) is 15.2. The summed E-state index contributed by atoms with van der Waals surface area (Å²) in [5.41, 5.74) is 9.17. The molecule has 1 aromatic carbocycles. The van der Waals surface area contributed by atoms with Gasteiger partial charge in [0.05, 0.1) is 11.4 Å². The van der Waals surface area contributed by atoms with Crippen LogP contribution in [0.1, 0.15) is 26.5 Å². The average Bonchev–Trinajstić information content (AvgIpc) is 2.94. The van der Waals surface area contributed by atoms with Gasteiger partial charge in [-0.25, -0.2) is 4.39 Å². The lowest BCUT2D eigenvalue weighted by molar-refractivity contribution is 0.0670. The van der Waals surface area contributed by atoms with Crippen LogP contribution in [0.4, 0.5) is 10.1 Å². The van der Waals surface area contributed by atoms with Gasteiger partial charge in [0, 0.05) is 28.6 Å². The van der Waals surface area contributed by atoms with E-state index in [4.69, 9.17) is 5.73 Å². The van der Waals surface area contributed by atoms with Crippen LogP contribution in [-0.4, -0.2) is 39.3 Å². The summed E-state index contributed by atoms with van der Waals surface area (Å²) < 4.78 is 13.7. The second-order valence-electron chi connectivity index (χ2n) is 6.80. The van der Waals surface area contributed by atoms with Crippen molar-refractivity contribution in [3.05, 3.63) is 45.7 Å². The van der Waals surface area contributed by atoms with Gasteiger partial charge >= 0.3 is 0 Å². The number of halogens is 1. The number of rotatable bonds is 3. The number of nitrogen functional groups attached to an aromatic ring is 1. The highest BCUT2D eigenvalue weighted by atomic mass is 32.2. The molecule has 3 aromatic rings. The summed E-state index contributed by atoms with van der Waals surface area (Å²) >= 11 is 2.89. The van der Waals surface area contributed by atoms with Gasteiger partial charge in [-0.1, -0.05) is 6.07 Å². The van der Waals surface area contributed by atoms with Gasteiger partial charge in [-0.3, -0.25) is 4.79 Å². The Morgan fingerprint density at radius 3 is 2.74 bits per heavy atom. The molecule has 0 radical (unpaired) electrons. The lowest BCUT2D eigenvalue weighted by Crippen LogP contribution is -2.51. The number of aryl methyl sites for hydroxylation is 3. The molecule has 1 aliphatic heterocycles. The van der Waals surface area contributed by atoms with E-state index in [0.29, 0.717) is 34.0 Å². The number of thiophene rings is 1. The maximum absolute atomic E-state index is 13.7. The van der Waals surface area contributed by atoms with Crippen LogP contribution in [0.5, 0.6) is 0 Å². The minimum Gasteiger partial charge on any atom is -0.397 e. The van der Waals surface area contributed by atoms with Crippen molar-refractivity contribution in [3.8, 4) is 0 Å². The van der Waals surface area contributed by atoms with Crippen LogP contribution in [0.2, 0.25) is 0 Å². The lowest BCUT2D eigenvalue weighted by Gasteiger charge is -2.38. The first-order chi connectivity index (χ1) is 12.8. The van der Waals surface area contributed by atoms with Crippen LogP contribution in [0.3, 0.4) is 0 Å². The van der Waals surface area contributed by atoms with E-state index in [1.54, 1.807) is 35.7 Å². The van der Waals surface area contributed by atoms with Gasteiger partial charge in [0.1, 0.15) is 15.5 Å². The molecule has 8 heteroatoms. The minimum absolute atomic E-state index is 0.0699. The van der Waals surface area contributed by atoms with Crippen molar-refractivity contribution in [1.29, 1.82) is 0 Å². The van der Waals surface area contributed by atoms with E-state index in [2.05, 4.69) is 10.2 Å². The highest BCUT2D eigenvalue weighted by molar-refractivity contribution is 8.00. The van der Waals surface area contributed by atoms with Crippen molar-refractivity contribution in [2.75, 3.05) is 18.8 Å². The molecule has 4 rings (SSSR count). The molecule has 2 aromatic heterocycles. The Morgan fingerprint density at radius 2 is 2.04 bits per heavy atom. The molecular formula is C19H19FN4OS2. The first-order valence-corrected chi connectivity index (χ1v) is 10.3. The largest absolute Gasteiger partial charge is 0.397 e. The smallest absolute Gasteiger partial charge is 0.266 e. The average molecular weight is 403 g/mol. The molecule has 2 N–H and O–H groups in total. The number of carbonyl (C=O) groups excluding carboxylic acids is 1. The zero-order chi connectivity index (χ0) is 19.3. The van der Waals surface area contributed by atoms with Gasteiger partial charge in [-0.15, -0.1) is 28.2 Å². The summed E-state index contributed by atoms with van der Waals surface area (Å²) in [6.45, 7) is 6.81. The van der Waals surface area contributed by atoms with Crippen molar-refractivity contribution in [1.82, 2.24) is 15.1 Å². The Kier molecular flexibility index (Phi) is 4.55. The number of likely N-dealkylation sites (tertiary alicyclic amines) is 1. The number of aromatic nitrogens is 2. The van der Waals surface area contributed by atoms with Crippen LogP contribution in [-0.2, 0) is 0 Å². The summed E-state index contributed by atoms with van der Waals surface area (Å²) in [4.78, 5) is 16.7. The summed E-state index contributed by atoms with van der Waals surface area (Å²) in [6, 6.07) is 5.25. The normalized spacial score (nSPS) is 14.6. The second kappa shape index (κ2) is 6.76. The molecule has 27 heavy (non-hydrogen) atoms. The summed E-state index contributed by atoms with van der Waals surface area (Å²) in [5.74, 6) is -0.267. The third-order valence-corrected chi connectivity index (χ3v) is 7.15. The highest BCUT2D eigenvalue weighted by Gasteiger charge is 2.34. The standard InChI is InChI=1S/C19H19FN4OS2/c1-9-4-5-12(6-14(9)20)26-13-7-24(8-13)19(25)17-16(21)15-10(2)11(3)22-23-18(15)27-17/h4-6,13H,7-8,21H2,1-3H3. The quantitative estimate of drug-likeness (QED) is 0.718. The zero-order valence-corrected chi connectivity index (χ0v) is 16.9. The van der Waals surface area contributed by atoms with Crippen molar-refractivity contribution in [2.24, 2.45) is 0 Å². The van der Waals surface area contributed by atoms with E-state index in [0.717, 1.165) is 21.5 Å². The van der Waals surface area contributed by atoms with E-state index in [1.165, 1.54) is 11.3 Å². The molecule has 1 amide bonds. The van der Waals surface area contributed by atoms with E-state index >= 15 is 0 Å². The van der Waals surface area contributed by atoms with Crippen LogP contribution < -0.4 is 5.73 Å². The second-order valence-corrected chi connectivity index (χ2v) is 9.17. The Bertz CT molecular complexity index is 1060. The van der Waals surface area contributed by atoms with Gasteiger partial charge < -0.3 is 10.6 Å². The third kappa shape index (κ3) is 3.17. The van der Waals surface area contributed by atoms with Gasteiger partial charge in [0.2, 0.25) is 0 Å². The number of anilines is 1. The Labute approximate surface area is 164 Å². The van der Waals surface area contributed by atoms with E-state index in [1.807, 2.05) is 19.9 Å². The number of nitrogens with zero attached hydrogens (tertiary/aromatic N) is 3. The monoisotopic (exact) mass is 402 g/mol. The van der Waals surface area contributed by atoms with Crippen LogP contribution >= 0.6 is 23.1 Å². The van der Waals surface area contributed by atoms with Crippen LogP contribution in [0, 0.1) is 26.6 Å². The van der Waals surface area contributed by atoms with Gasteiger partial charge in [-0.05, 0) is 44.0 Å². The number of thioether (sulfide) groups is 1. The number of nitrogens with two attached hydrogens (primary N) is 1. The molecule has 140 valence electrons. The highest BCUT2D eigenvalue weighted by Crippen LogP contribution is 2.37. The van der Waals surface area contributed by atoms with Gasteiger partial charge in [0.25, 0.3) is 5.91 Å². The summed E-state index contributed by atoms with van der Waals surface area (Å²) in [7, 11) is 0. The van der Waals surface area contributed by atoms with Gasteiger partial charge in [-0.2, -0.15) is 5.10 Å². The van der Waals surface area contributed by atoms with Crippen LogP contribution in [0.25, 0.3) is 10.2 Å². The number of hydrogen-bond donors (Lipinski definition) is 1. The first kappa shape index (κ1) is 18.2. The molecule has 0 saturated carbocycles. The molecule has 0 aliphatic carbocycles. The van der Waals surface area contributed by atoms with Crippen molar-refractivity contribution in [2.45, 2.75) is 30.9 Å². The molecule has 5 nitrogen and oxygen atoms in total. The molecular weight excluding hydrogens is 383 g/mol. The van der Waals surface area contributed by atoms with Crippen LogP contribution in [0.15, 0.2) is 23.1 Å². The van der Waals surface area contributed by atoms with Crippen molar-refractivity contribution < 1.29 is 9.18 Å². The van der Waals surface area contributed by atoms with E-state index < -0.39 is 0 Å². The molecule has 0 spiro atoms. The predicted molar refractivity (Wildman–Crippen MR) is 108 cm³/mol. The number of fused-ring (bicyclic) bond motifs is 1. The maximum Gasteiger partial charge on any atom is 0.266 e. The fraction of sp³-hybridized carbons (Fsp3) is 0.316. The summed E-state index contributed by atoms with van der Waals surface area (Å²) in [6.07, 6.45) is 0. The Morgan fingerprint density at radius 1 is 1.30 bits per heavy atom. The fourth-order valence-corrected chi connectivity index (χ4v) is 5.34. The topological polar surface area (TPSA) is 72.1 Å².